The highest BCUT2D eigenvalue weighted by atomic mass is 32.2. The standard InChI is InChI=1S/C15H26N2O3S/c1-4-17(12-13-20-3)21(18,19)15-9-7-14(8-10-15)6-5-11-16-2/h7-10,16H,4-6,11-13H2,1-3H3. The molecule has 0 amide bonds. The van der Waals surface area contributed by atoms with Crippen molar-refractivity contribution in [3.63, 3.8) is 0 Å². The minimum Gasteiger partial charge on any atom is -0.383 e. The highest BCUT2D eigenvalue weighted by Gasteiger charge is 2.22. The number of hydrogen-bond donors (Lipinski definition) is 1. The van der Waals surface area contributed by atoms with Crippen molar-refractivity contribution in [3.05, 3.63) is 29.8 Å². The first-order valence-corrected chi connectivity index (χ1v) is 8.73. The van der Waals surface area contributed by atoms with Crippen LogP contribution in [0, 0.1) is 0 Å². The summed E-state index contributed by atoms with van der Waals surface area (Å²) in [6, 6.07) is 7.18. The summed E-state index contributed by atoms with van der Waals surface area (Å²) < 4.78 is 31.4. The number of hydrogen-bond acceptors (Lipinski definition) is 4. The topological polar surface area (TPSA) is 58.6 Å². The average Bonchev–Trinajstić information content (AvgIpc) is 2.48. The molecule has 5 nitrogen and oxygen atoms in total. The monoisotopic (exact) mass is 314 g/mol. The van der Waals surface area contributed by atoms with Crippen LogP contribution >= 0.6 is 0 Å². The van der Waals surface area contributed by atoms with E-state index in [0.717, 1.165) is 24.9 Å². The van der Waals surface area contributed by atoms with Crippen molar-refractivity contribution < 1.29 is 13.2 Å². The largest absolute Gasteiger partial charge is 0.383 e. The first-order valence-electron chi connectivity index (χ1n) is 7.28. The number of nitrogens with zero attached hydrogens (tertiary/aromatic N) is 1. The number of nitrogens with one attached hydrogen (secondary N) is 1. The maximum absolute atomic E-state index is 12.5. The van der Waals surface area contributed by atoms with Crippen LogP contribution in [0.4, 0.5) is 0 Å². The highest BCUT2D eigenvalue weighted by molar-refractivity contribution is 7.89. The van der Waals surface area contributed by atoms with Gasteiger partial charge in [-0.25, -0.2) is 8.42 Å². The van der Waals surface area contributed by atoms with Gasteiger partial charge >= 0.3 is 0 Å². The van der Waals surface area contributed by atoms with E-state index in [1.807, 2.05) is 26.1 Å². The Morgan fingerprint density at radius 3 is 2.43 bits per heavy atom. The Kier molecular flexibility index (Phi) is 7.88. The zero-order chi connectivity index (χ0) is 15.7. The minimum atomic E-state index is -3.42. The van der Waals surface area contributed by atoms with Gasteiger partial charge in [0.1, 0.15) is 0 Å². The van der Waals surface area contributed by atoms with Crippen molar-refractivity contribution in [1.82, 2.24) is 9.62 Å². The van der Waals surface area contributed by atoms with E-state index in [2.05, 4.69) is 5.32 Å². The van der Waals surface area contributed by atoms with Crippen LogP contribution in [-0.4, -0.2) is 53.1 Å². The molecule has 0 aliphatic heterocycles. The minimum absolute atomic E-state index is 0.345. The zero-order valence-corrected chi connectivity index (χ0v) is 13.9. The van der Waals surface area contributed by atoms with E-state index in [1.165, 1.54) is 4.31 Å². The van der Waals surface area contributed by atoms with Crippen LogP contribution in [-0.2, 0) is 21.2 Å². The van der Waals surface area contributed by atoms with Gasteiger partial charge in [0.25, 0.3) is 0 Å². The van der Waals surface area contributed by atoms with Crippen molar-refractivity contribution in [1.29, 1.82) is 0 Å². The van der Waals surface area contributed by atoms with E-state index in [1.54, 1.807) is 19.2 Å². The number of sulfonamides is 1. The van der Waals surface area contributed by atoms with Gasteiger partial charge in [-0.3, -0.25) is 0 Å². The predicted octanol–water partition coefficient (Wildman–Crippen LogP) is 1.50. The van der Waals surface area contributed by atoms with E-state index in [4.69, 9.17) is 4.74 Å². The van der Waals surface area contributed by atoms with E-state index in [0.29, 0.717) is 24.6 Å². The average molecular weight is 314 g/mol. The van der Waals surface area contributed by atoms with Gasteiger partial charge in [0, 0.05) is 20.2 Å². The Bertz CT molecular complexity index is 500. The number of methoxy groups -OCH3 is 1. The number of aryl methyl sites for hydroxylation is 1. The lowest BCUT2D eigenvalue weighted by Crippen LogP contribution is -2.33. The smallest absolute Gasteiger partial charge is 0.243 e. The second-order valence-corrected chi connectivity index (χ2v) is 6.78. The molecular formula is C15H26N2O3S. The molecule has 1 rings (SSSR count). The summed E-state index contributed by atoms with van der Waals surface area (Å²) in [7, 11) is 0.0712. The van der Waals surface area contributed by atoms with Crippen molar-refractivity contribution in [2.75, 3.05) is 40.4 Å². The molecule has 0 aliphatic carbocycles. The van der Waals surface area contributed by atoms with Crippen LogP contribution in [0.2, 0.25) is 0 Å². The zero-order valence-electron chi connectivity index (χ0n) is 13.1. The Morgan fingerprint density at radius 1 is 1.24 bits per heavy atom. The molecule has 0 aromatic heterocycles. The summed E-state index contributed by atoms with van der Waals surface area (Å²) >= 11 is 0. The van der Waals surface area contributed by atoms with Crippen LogP contribution in [0.15, 0.2) is 29.2 Å². The second kappa shape index (κ2) is 9.15. The van der Waals surface area contributed by atoms with E-state index in [-0.39, 0.29) is 0 Å². The summed E-state index contributed by atoms with van der Waals surface area (Å²) in [5.41, 5.74) is 1.16. The van der Waals surface area contributed by atoms with E-state index in [9.17, 15) is 8.42 Å². The molecule has 1 N–H and O–H groups in total. The lowest BCUT2D eigenvalue weighted by atomic mass is 10.1. The molecule has 0 radical (unpaired) electrons. The predicted molar refractivity (Wildman–Crippen MR) is 85.0 cm³/mol. The normalized spacial score (nSPS) is 12.0. The molecule has 0 spiro atoms. The summed E-state index contributed by atoms with van der Waals surface area (Å²) in [4.78, 5) is 0.345. The molecular weight excluding hydrogens is 288 g/mol. The molecule has 0 aliphatic rings. The summed E-state index contributed by atoms with van der Waals surface area (Å²) in [6.07, 6.45) is 1.99. The van der Waals surface area contributed by atoms with Crippen LogP contribution in [0.25, 0.3) is 0 Å². The maximum atomic E-state index is 12.5. The lowest BCUT2D eigenvalue weighted by Gasteiger charge is -2.20. The molecule has 0 fully saturated rings. The molecule has 0 atom stereocenters. The van der Waals surface area contributed by atoms with Gasteiger partial charge in [0.2, 0.25) is 10.0 Å². The van der Waals surface area contributed by atoms with Crippen LogP contribution in [0.3, 0.4) is 0 Å². The molecule has 0 saturated heterocycles. The molecule has 6 heteroatoms. The van der Waals surface area contributed by atoms with Crippen molar-refractivity contribution >= 4 is 10.0 Å². The Morgan fingerprint density at radius 2 is 1.90 bits per heavy atom. The Labute approximate surface area is 128 Å². The second-order valence-electron chi connectivity index (χ2n) is 4.84. The van der Waals surface area contributed by atoms with Crippen molar-refractivity contribution in [3.8, 4) is 0 Å². The molecule has 1 aromatic rings. The first-order chi connectivity index (χ1) is 10.1. The first kappa shape index (κ1) is 18.1. The fraction of sp³-hybridized carbons (Fsp3) is 0.600. The van der Waals surface area contributed by atoms with Gasteiger partial charge in [-0.05, 0) is 44.1 Å². The van der Waals surface area contributed by atoms with Gasteiger partial charge in [0.15, 0.2) is 0 Å². The van der Waals surface area contributed by atoms with E-state index < -0.39 is 10.0 Å². The van der Waals surface area contributed by atoms with Gasteiger partial charge in [0.05, 0.1) is 11.5 Å². The van der Waals surface area contributed by atoms with Crippen LogP contribution in [0.5, 0.6) is 0 Å². The van der Waals surface area contributed by atoms with Crippen LogP contribution < -0.4 is 5.32 Å². The van der Waals surface area contributed by atoms with Crippen molar-refractivity contribution in [2.45, 2.75) is 24.7 Å². The van der Waals surface area contributed by atoms with Crippen molar-refractivity contribution in [2.24, 2.45) is 0 Å². The van der Waals surface area contributed by atoms with Gasteiger partial charge < -0.3 is 10.1 Å². The fourth-order valence-corrected chi connectivity index (χ4v) is 3.52. The molecule has 120 valence electrons. The third kappa shape index (κ3) is 5.39. The maximum Gasteiger partial charge on any atom is 0.243 e. The van der Waals surface area contributed by atoms with Gasteiger partial charge in [-0.1, -0.05) is 19.1 Å². The quantitative estimate of drug-likeness (QED) is 0.665. The number of benzene rings is 1. The third-order valence-corrected chi connectivity index (χ3v) is 5.34. The molecule has 0 saturated carbocycles. The number of ether oxygens (including phenoxy) is 1. The Hall–Kier alpha value is -0.950. The molecule has 0 heterocycles. The summed E-state index contributed by atoms with van der Waals surface area (Å²) in [5, 5.41) is 3.10. The van der Waals surface area contributed by atoms with Crippen LogP contribution in [0.1, 0.15) is 18.9 Å². The van der Waals surface area contributed by atoms with Gasteiger partial charge in [-0.2, -0.15) is 4.31 Å². The lowest BCUT2D eigenvalue weighted by molar-refractivity contribution is 0.180. The number of likely N-dealkylation sites (N-methyl/N-ethyl adjacent to an activating group) is 1. The van der Waals surface area contributed by atoms with E-state index >= 15 is 0 Å². The number of rotatable bonds is 10. The molecule has 1 aromatic carbocycles. The molecule has 21 heavy (non-hydrogen) atoms. The highest BCUT2D eigenvalue weighted by Crippen LogP contribution is 2.16. The molecule has 0 bridgehead atoms. The Balaban J connectivity index is 2.78. The summed E-state index contributed by atoms with van der Waals surface area (Å²) in [6.45, 7) is 4.00. The fourth-order valence-electron chi connectivity index (χ4n) is 2.09. The SMILES string of the molecule is CCN(CCOC)S(=O)(=O)c1ccc(CCCNC)cc1. The summed E-state index contributed by atoms with van der Waals surface area (Å²) in [5.74, 6) is 0. The third-order valence-electron chi connectivity index (χ3n) is 3.35. The molecule has 0 unspecified atom stereocenters. The van der Waals surface area contributed by atoms with Gasteiger partial charge in [-0.15, -0.1) is 0 Å².